The highest BCUT2D eigenvalue weighted by Gasteiger charge is 2.06. The van der Waals surface area contributed by atoms with E-state index in [-0.39, 0.29) is 0 Å². The summed E-state index contributed by atoms with van der Waals surface area (Å²) in [6.07, 6.45) is 4.70. The molecule has 0 atom stereocenters. The number of hydrogen-bond acceptors (Lipinski definition) is 3. The Morgan fingerprint density at radius 1 is 1.12 bits per heavy atom. The molecule has 0 radical (unpaired) electrons. The van der Waals surface area contributed by atoms with Crippen molar-refractivity contribution in [3.63, 3.8) is 0 Å². The largest absolute Gasteiger partial charge is 0.314 e. The number of aryl methyl sites for hydroxylation is 1. The Morgan fingerprint density at radius 2 is 1.71 bits per heavy atom. The first-order chi connectivity index (χ1) is 8.20. The molecule has 0 bridgehead atoms. The second kappa shape index (κ2) is 5.44. The molecule has 1 aromatic heterocycles. The fraction of sp³-hybridized carbons (Fsp3) is 0.231. The number of nitrogens with zero attached hydrogens (tertiary/aromatic N) is 3. The number of halogens is 1. The summed E-state index contributed by atoms with van der Waals surface area (Å²) >= 11 is 2.20. The summed E-state index contributed by atoms with van der Waals surface area (Å²) in [6, 6.07) is 8.47. The smallest absolute Gasteiger partial charge is 0.229 e. The molecule has 88 valence electrons. The van der Waals surface area contributed by atoms with Gasteiger partial charge in [-0.15, -0.1) is 0 Å². The van der Waals surface area contributed by atoms with Crippen LogP contribution >= 0.6 is 22.6 Å². The second-order valence-corrected chi connectivity index (χ2v) is 5.03. The van der Waals surface area contributed by atoms with Crippen LogP contribution in [0.5, 0.6) is 0 Å². The zero-order chi connectivity index (χ0) is 12.3. The molecular weight excluding hydrogens is 325 g/mol. The van der Waals surface area contributed by atoms with Crippen molar-refractivity contribution in [1.82, 2.24) is 9.97 Å². The van der Waals surface area contributed by atoms with E-state index in [9.17, 15) is 0 Å². The van der Waals surface area contributed by atoms with Crippen LogP contribution in [0.3, 0.4) is 0 Å². The molecule has 4 heteroatoms. The van der Waals surface area contributed by atoms with Crippen molar-refractivity contribution in [2.75, 3.05) is 11.9 Å². The Balaban J connectivity index is 2.23. The van der Waals surface area contributed by atoms with E-state index >= 15 is 0 Å². The summed E-state index contributed by atoms with van der Waals surface area (Å²) in [5, 5.41) is 0. The van der Waals surface area contributed by atoms with Crippen LogP contribution in [-0.2, 0) is 6.42 Å². The molecule has 0 spiro atoms. The van der Waals surface area contributed by atoms with Gasteiger partial charge in [0.1, 0.15) is 0 Å². The van der Waals surface area contributed by atoms with E-state index < -0.39 is 0 Å². The van der Waals surface area contributed by atoms with Crippen LogP contribution < -0.4 is 4.90 Å². The van der Waals surface area contributed by atoms with Gasteiger partial charge in [0.05, 0.1) is 0 Å². The first-order valence-corrected chi connectivity index (χ1v) is 6.59. The Bertz CT molecular complexity index is 479. The van der Waals surface area contributed by atoms with Crippen LogP contribution in [0, 0.1) is 3.57 Å². The lowest BCUT2D eigenvalue weighted by atomic mass is 10.1. The monoisotopic (exact) mass is 339 g/mol. The maximum atomic E-state index is 4.30. The van der Waals surface area contributed by atoms with Crippen molar-refractivity contribution in [1.29, 1.82) is 0 Å². The highest BCUT2D eigenvalue weighted by molar-refractivity contribution is 14.1. The zero-order valence-electron chi connectivity index (χ0n) is 9.89. The van der Waals surface area contributed by atoms with Crippen LogP contribution in [0.15, 0.2) is 36.7 Å². The molecule has 0 aliphatic carbocycles. The van der Waals surface area contributed by atoms with Gasteiger partial charge in [0.25, 0.3) is 0 Å². The predicted octanol–water partition coefficient (Wildman–Crippen LogP) is 3.41. The minimum atomic E-state index is 0.717. The molecule has 0 aliphatic rings. The molecule has 1 aromatic carbocycles. The maximum Gasteiger partial charge on any atom is 0.229 e. The first-order valence-electron chi connectivity index (χ1n) is 5.51. The van der Waals surface area contributed by atoms with Gasteiger partial charge in [0.15, 0.2) is 0 Å². The lowest BCUT2D eigenvalue weighted by Crippen LogP contribution is -2.12. The van der Waals surface area contributed by atoms with Gasteiger partial charge in [0.2, 0.25) is 5.95 Å². The van der Waals surface area contributed by atoms with E-state index in [0.717, 1.165) is 21.6 Å². The van der Waals surface area contributed by atoms with Gasteiger partial charge in [-0.1, -0.05) is 19.1 Å². The molecule has 3 nitrogen and oxygen atoms in total. The van der Waals surface area contributed by atoms with Crippen LogP contribution in [0.1, 0.15) is 12.5 Å². The Hall–Kier alpha value is -1.17. The molecule has 0 unspecified atom stereocenters. The van der Waals surface area contributed by atoms with Crippen LogP contribution in [0.25, 0.3) is 0 Å². The van der Waals surface area contributed by atoms with E-state index in [1.807, 2.05) is 24.3 Å². The topological polar surface area (TPSA) is 29.0 Å². The quantitative estimate of drug-likeness (QED) is 0.803. The van der Waals surface area contributed by atoms with Gasteiger partial charge in [-0.3, -0.25) is 0 Å². The summed E-state index contributed by atoms with van der Waals surface area (Å²) in [7, 11) is 1.98. The molecular formula is C13H14IN3. The molecule has 0 aliphatic heterocycles. The van der Waals surface area contributed by atoms with E-state index in [1.165, 1.54) is 5.56 Å². The minimum Gasteiger partial charge on any atom is -0.314 e. The van der Waals surface area contributed by atoms with Crippen molar-refractivity contribution in [3.05, 3.63) is 45.8 Å². The van der Waals surface area contributed by atoms with Crippen LogP contribution in [-0.4, -0.2) is 17.0 Å². The van der Waals surface area contributed by atoms with Crippen LogP contribution in [0.4, 0.5) is 11.6 Å². The molecule has 0 fully saturated rings. The normalized spacial score (nSPS) is 10.3. The maximum absolute atomic E-state index is 4.30. The van der Waals surface area contributed by atoms with Crippen LogP contribution in [0.2, 0.25) is 0 Å². The van der Waals surface area contributed by atoms with Gasteiger partial charge < -0.3 is 4.90 Å². The fourth-order valence-electron chi connectivity index (χ4n) is 1.55. The third-order valence-electron chi connectivity index (χ3n) is 2.64. The van der Waals surface area contributed by atoms with Crippen molar-refractivity contribution in [2.45, 2.75) is 13.3 Å². The number of anilines is 2. The first kappa shape index (κ1) is 12.3. The minimum absolute atomic E-state index is 0.717. The highest BCUT2D eigenvalue weighted by atomic mass is 127. The van der Waals surface area contributed by atoms with Crippen molar-refractivity contribution >= 4 is 34.2 Å². The van der Waals surface area contributed by atoms with E-state index in [2.05, 4.69) is 63.7 Å². The summed E-state index contributed by atoms with van der Waals surface area (Å²) in [6.45, 7) is 2.15. The van der Waals surface area contributed by atoms with Gasteiger partial charge in [-0.25, -0.2) is 9.97 Å². The lowest BCUT2D eigenvalue weighted by molar-refractivity contribution is 1.03. The van der Waals surface area contributed by atoms with E-state index in [4.69, 9.17) is 0 Å². The average molecular weight is 339 g/mol. The standard InChI is InChI=1S/C13H14IN3/c1-3-10-4-6-12(7-5-10)17(2)13-15-8-11(14)9-16-13/h4-9H,3H2,1-2H3. The Labute approximate surface area is 115 Å². The Kier molecular flexibility index (Phi) is 3.93. The molecule has 0 saturated carbocycles. The molecule has 1 heterocycles. The average Bonchev–Trinajstić information content (AvgIpc) is 2.39. The summed E-state index contributed by atoms with van der Waals surface area (Å²) in [4.78, 5) is 10.6. The summed E-state index contributed by atoms with van der Waals surface area (Å²) in [5.74, 6) is 0.717. The second-order valence-electron chi connectivity index (χ2n) is 3.78. The molecule has 0 amide bonds. The van der Waals surface area contributed by atoms with Gasteiger partial charge in [0, 0.05) is 28.7 Å². The van der Waals surface area contributed by atoms with Gasteiger partial charge in [-0.05, 0) is 46.7 Å². The van der Waals surface area contributed by atoms with Gasteiger partial charge in [-0.2, -0.15) is 0 Å². The number of aromatic nitrogens is 2. The molecule has 0 N–H and O–H groups in total. The van der Waals surface area contributed by atoms with E-state index in [1.54, 1.807) is 0 Å². The fourth-order valence-corrected chi connectivity index (χ4v) is 1.83. The predicted molar refractivity (Wildman–Crippen MR) is 78.6 cm³/mol. The number of rotatable bonds is 3. The third kappa shape index (κ3) is 2.94. The lowest BCUT2D eigenvalue weighted by Gasteiger charge is -2.17. The third-order valence-corrected chi connectivity index (χ3v) is 3.20. The summed E-state index contributed by atoms with van der Waals surface area (Å²) in [5.41, 5.74) is 2.44. The number of hydrogen-bond donors (Lipinski definition) is 0. The molecule has 0 saturated heterocycles. The Morgan fingerprint density at radius 3 is 2.24 bits per heavy atom. The highest BCUT2D eigenvalue weighted by Crippen LogP contribution is 2.20. The van der Waals surface area contributed by atoms with Crippen molar-refractivity contribution in [3.8, 4) is 0 Å². The SMILES string of the molecule is CCc1ccc(N(C)c2ncc(I)cn2)cc1. The van der Waals surface area contributed by atoms with Gasteiger partial charge >= 0.3 is 0 Å². The number of benzene rings is 1. The van der Waals surface area contributed by atoms with Crippen molar-refractivity contribution < 1.29 is 0 Å². The zero-order valence-corrected chi connectivity index (χ0v) is 12.0. The summed E-state index contributed by atoms with van der Waals surface area (Å²) < 4.78 is 1.04. The molecule has 17 heavy (non-hydrogen) atoms. The van der Waals surface area contributed by atoms with E-state index in [0.29, 0.717) is 0 Å². The molecule has 2 rings (SSSR count). The molecule has 2 aromatic rings. The van der Waals surface area contributed by atoms with Crippen molar-refractivity contribution in [2.24, 2.45) is 0 Å².